The van der Waals surface area contributed by atoms with Crippen LogP contribution in [0, 0.1) is 11.8 Å². The van der Waals surface area contributed by atoms with Crippen LogP contribution in [0.3, 0.4) is 0 Å². The summed E-state index contributed by atoms with van der Waals surface area (Å²) in [5, 5.41) is 13.1. The quantitative estimate of drug-likeness (QED) is 0.812. The molecule has 3 nitrogen and oxygen atoms in total. The van der Waals surface area contributed by atoms with Gasteiger partial charge in [-0.3, -0.25) is 0 Å². The van der Waals surface area contributed by atoms with E-state index in [1.807, 2.05) is 24.3 Å². The summed E-state index contributed by atoms with van der Waals surface area (Å²) in [6.45, 7) is 4.20. The first-order valence-corrected chi connectivity index (χ1v) is 7.21. The van der Waals surface area contributed by atoms with Crippen molar-refractivity contribution in [2.45, 2.75) is 19.4 Å². The van der Waals surface area contributed by atoms with Crippen LogP contribution in [0.4, 0.5) is 0 Å². The summed E-state index contributed by atoms with van der Waals surface area (Å²) in [5.74, 6) is 2.45. The van der Waals surface area contributed by atoms with Gasteiger partial charge in [-0.05, 0) is 49.1 Å². The van der Waals surface area contributed by atoms with E-state index in [2.05, 4.69) is 28.2 Å². The van der Waals surface area contributed by atoms with Gasteiger partial charge in [0.15, 0.2) is 0 Å². The first-order chi connectivity index (χ1) is 8.65. The van der Waals surface area contributed by atoms with Gasteiger partial charge in [0.25, 0.3) is 0 Å². The predicted molar refractivity (Wildman–Crippen MR) is 75.8 cm³/mol. The van der Waals surface area contributed by atoms with E-state index in [1.54, 1.807) is 0 Å². The molecule has 4 heteroatoms. The standard InChI is InChI=1S/C14H20BrNO2/c1-10-6-11(10)7-16-8-13(17)9-18-14-4-2-12(15)3-5-14/h2-5,10-11,13,16-17H,6-9H2,1H3. The number of hydrogen-bond donors (Lipinski definition) is 2. The summed E-state index contributed by atoms with van der Waals surface area (Å²) in [5.41, 5.74) is 0. The van der Waals surface area contributed by atoms with Crippen LogP contribution in [-0.2, 0) is 0 Å². The smallest absolute Gasteiger partial charge is 0.119 e. The van der Waals surface area contributed by atoms with Crippen LogP contribution in [0.25, 0.3) is 0 Å². The molecule has 1 fully saturated rings. The zero-order valence-electron chi connectivity index (χ0n) is 10.6. The van der Waals surface area contributed by atoms with Crippen LogP contribution in [0.1, 0.15) is 13.3 Å². The van der Waals surface area contributed by atoms with E-state index in [0.717, 1.165) is 28.6 Å². The predicted octanol–water partition coefficient (Wildman–Crippen LogP) is 2.43. The van der Waals surface area contributed by atoms with Gasteiger partial charge >= 0.3 is 0 Å². The zero-order valence-corrected chi connectivity index (χ0v) is 12.2. The fraction of sp³-hybridized carbons (Fsp3) is 0.571. The number of hydrogen-bond acceptors (Lipinski definition) is 3. The molecule has 0 saturated heterocycles. The van der Waals surface area contributed by atoms with Gasteiger partial charge in [0, 0.05) is 11.0 Å². The van der Waals surface area contributed by atoms with E-state index < -0.39 is 6.10 Å². The van der Waals surface area contributed by atoms with Crippen LogP contribution in [0.5, 0.6) is 5.75 Å². The van der Waals surface area contributed by atoms with Crippen molar-refractivity contribution in [3.8, 4) is 5.75 Å². The molecule has 0 heterocycles. The molecule has 0 bridgehead atoms. The number of benzene rings is 1. The maximum atomic E-state index is 9.77. The molecule has 0 radical (unpaired) electrons. The van der Waals surface area contributed by atoms with Crippen LogP contribution in [0.2, 0.25) is 0 Å². The van der Waals surface area contributed by atoms with Crippen molar-refractivity contribution in [2.24, 2.45) is 11.8 Å². The maximum absolute atomic E-state index is 9.77. The number of ether oxygens (including phenoxy) is 1. The Balaban J connectivity index is 1.59. The van der Waals surface area contributed by atoms with E-state index in [0.29, 0.717) is 13.2 Å². The Labute approximate surface area is 117 Å². The summed E-state index contributed by atoms with van der Waals surface area (Å²) < 4.78 is 6.53. The third kappa shape index (κ3) is 4.59. The van der Waals surface area contributed by atoms with E-state index in [1.165, 1.54) is 6.42 Å². The highest BCUT2D eigenvalue weighted by atomic mass is 79.9. The molecule has 100 valence electrons. The van der Waals surface area contributed by atoms with Crippen molar-refractivity contribution < 1.29 is 9.84 Å². The Morgan fingerprint density at radius 2 is 2.11 bits per heavy atom. The van der Waals surface area contributed by atoms with Crippen molar-refractivity contribution in [3.63, 3.8) is 0 Å². The first kappa shape index (κ1) is 13.8. The second kappa shape index (κ2) is 6.55. The normalized spacial score (nSPS) is 23.7. The summed E-state index contributed by atoms with van der Waals surface area (Å²) >= 11 is 3.37. The molecule has 0 aromatic heterocycles. The molecule has 1 aliphatic carbocycles. The molecule has 18 heavy (non-hydrogen) atoms. The average Bonchev–Trinajstić information content (AvgIpc) is 3.05. The highest BCUT2D eigenvalue weighted by Crippen LogP contribution is 2.36. The number of aliphatic hydroxyl groups is 1. The monoisotopic (exact) mass is 313 g/mol. The Hall–Kier alpha value is -0.580. The van der Waals surface area contributed by atoms with Crippen LogP contribution < -0.4 is 10.1 Å². The van der Waals surface area contributed by atoms with Gasteiger partial charge in [-0.1, -0.05) is 22.9 Å². The van der Waals surface area contributed by atoms with Gasteiger partial charge in [-0.25, -0.2) is 0 Å². The molecule has 0 amide bonds. The molecular formula is C14H20BrNO2. The van der Waals surface area contributed by atoms with Crippen molar-refractivity contribution in [1.82, 2.24) is 5.32 Å². The molecule has 0 aliphatic heterocycles. The lowest BCUT2D eigenvalue weighted by molar-refractivity contribution is 0.106. The molecule has 1 aromatic carbocycles. The molecular weight excluding hydrogens is 294 g/mol. The van der Waals surface area contributed by atoms with Crippen molar-refractivity contribution in [1.29, 1.82) is 0 Å². The molecule has 3 atom stereocenters. The van der Waals surface area contributed by atoms with Gasteiger partial charge in [-0.2, -0.15) is 0 Å². The highest BCUT2D eigenvalue weighted by Gasteiger charge is 2.31. The van der Waals surface area contributed by atoms with Crippen molar-refractivity contribution in [3.05, 3.63) is 28.7 Å². The minimum Gasteiger partial charge on any atom is -0.491 e. The fourth-order valence-corrected chi connectivity index (χ4v) is 2.17. The van der Waals surface area contributed by atoms with E-state index in [9.17, 15) is 5.11 Å². The first-order valence-electron chi connectivity index (χ1n) is 6.42. The van der Waals surface area contributed by atoms with Crippen molar-refractivity contribution >= 4 is 15.9 Å². The van der Waals surface area contributed by atoms with Crippen molar-refractivity contribution in [2.75, 3.05) is 19.7 Å². The van der Waals surface area contributed by atoms with Crippen LogP contribution >= 0.6 is 15.9 Å². The molecule has 1 aromatic rings. The zero-order chi connectivity index (χ0) is 13.0. The average molecular weight is 314 g/mol. The van der Waals surface area contributed by atoms with Gasteiger partial charge in [-0.15, -0.1) is 0 Å². The van der Waals surface area contributed by atoms with Crippen LogP contribution in [-0.4, -0.2) is 30.9 Å². The molecule has 2 N–H and O–H groups in total. The minimum absolute atomic E-state index is 0.328. The lowest BCUT2D eigenvalue weighted by atomic mass is 10.3. The molecule has 2 rings (SSSR count). The second-order valence-electron chi connectivity index (χ2n) is 5.05. The van der Waals surface area contributed by atoms with Gasteiger partial charge in [0.2, 0.25) is 0 Å². The minimum atomic E-state index is -0.456. The Morgan fingerprint density at radius 3 is 2.72 bits per heavy atom. The fourth-order valence-electron chi connectivity index (χ4n) is 1.90. The molecule has 1 aliphatic rings. The summed E-state index contributed by atoms with van der Waals surface area (Å²) in [6, 6.07) is 7.62. The molecule has 0 spiro atoms. The Bertz CT molecular complexity index is 369. The topological polar surface area (TPSA) is 41.5 Å². The Kier molecular flexibility index (Phi) is 5.03. The maximum Gasteiger partial charge on any atom is 0.119 e. The second-order valence-corrected chi connectivity index (χ2v) is 5.97. The molecule has 1 saturated carbocycles. The Morgan fingerprint density at radius 1 is 1.44 bits per heavy atom. The van der Waals surface area contributed by atoms with Gasteiger partial charge in [0.1, 0.15) is 18.5 Å². The highest BCUT2D eigenvalue weighted by molar-refractivity contribution is 9.10. The van der Waals surface area contributed by atoms with E-state index >= 15 is 0 Å². The van der Waals surface area contributed by atoms with E-state index in [4.69, 9.17) is 4.74 Å². The summed E-state index contributed by atoms with van der Waals surface area (Å²) in [6.07, 6.45) is 0.862. The largest absolute Gasteiger partial charge is 0.491 e. The third-order valence-electron chi connectivity index (χ3n) is 3.32. The number of nitrogens with one attached hydrogen (secondary N) is 1. The lowest BCUT2D eigenvalue weighted by Gasteiger charge is -2.13. The third-order valence-corrected chi connectivity index (χ3v) is 3.85. The van der Waals surface area contributed by atoms with Gasteiger partial charge in [0.05, 0.1) is 0 Å². The SMILES string of the molecule is CC1CC1CNCC(O)COc1ccc(Br)cc1. The summed E-state index contributed by atoms with van der Waals surface area (Å²) in [7, 11) is 0. The number of halogens is 1. The molecule has 3 unspecified atom stereocenters. The van der Waals surface area contributed by atoms with Crippen LogP contribution in [0.15, 0.2) is 28.7 Å². The number of rotatable bonds is 7. The number of aliphatic hydroxyl groups excluding tert-OH is 1. The van der Waals surface area contributed by atoms with E-state index in [-0.39, 0.29) is 0 Å². The van der Waals surface area contributed by atoms with Gasteiger partial charge < -0.3 is 15.2 Å². The lowest BCUT2D eigenvalue weighted by Crippen LogP contribution is -2.32. The summed E-state index contributed by atoms with van der Waals surface area (Å²) in [4.78, 5) is 0.